The van der Waals surface area contributed by atoms with Crippen molar-refractivity contribution in [3.63, 3.8) is 0 Å². The van der Waals surface area contributed by atoms with E-state index >= 15 is 0 Å². The highest BCUT2D eigenvalue weighted by atomic mass is 19.1. The predicted molar refractivity (Wildman–Crippen MR) is 85.4 cm³/mol. The SMILES string of the molecule is Cc1cnn(-c2ccc([C@@H](C)NC(=O)c3cc(C)on3)cc2F)c1. The molecule has 0 saturated heterocycles. The van der Waals surface area contributed by atoms with Crippen LogP contribution in [0.15, 0.2) is 41.2 Å². The fourth-order valence-corrected chi connectivity index (χ4v) is 2.35. The Kier molecular flexibility index (Phi) is 4.16. The third-order valence-corrected chi connectivity index (χ3v) is 3.64. The molecule has 2 aromatic heterocycles. The molecule has 0 radical (unpaired) electrons. The molecule has 24 heavy (non-hydrogen) atoms. The van der Waals surface area contributed by atoms with Crippen LogP contribution in [0, 0.1) is 19.7 Å². The van der Waals surface area contributed by atoms with Crippen LogP contribution in [0.5, 0.6) is 0 Å². The Labute approximate surface area is 138 Å². The van der Waals surface area contributed by atoms with E-state index in [4.69, 9.17) is 4.52 Å². The summed E-state index contributed by atoms with van der Waals surface area (Å²) in [5.74, 6) is -0.224. The standard InChI is InChI=1S/C17H17FN4O2/c1-10-8-19-22(9-10)16-5-4-13(7-14(16)18)12(3)20-17(23)15-6-11(2)24-21-15/h4-9,12H,1-3H3,(H,20,23)/t12-/m1/s1. The van der Waals surface area contributed by atoms with Gasteiger partial charge in [0.1, 0.15) is 17.3 Å². The first-order valence-electron chi connectivity index (χ1n) is 7.49. The number of amides is 1. The summed E-state index contributed by atoms with van der Waals surface area (Å²) in [6.45, 7) is 5.37. The molecule has 2 heterocycles. The smallest absolute Gasteiger partial charge is 0.273 e. The zero-order chi connectivity index (χ0) is 17.3. The summed E-state index contributed by atoms with van der Waals surface area (Å²) in [6.07, 6.45) is 3.41. The molecule has 0 saturated carbocycles. The number of hydrogen-bond acceptors (Lipinski definition) is 4. The van der Waals surface area contributed by atoms with Crippen LogP contribution in [0.2, 0.25) is 0 Å². The molecule has 1 aromatic carbocycles. The molecule has 0 fully saturated rings. The molecular formula is C17H17FN4O2. The molecule has 1 atom stereocenters. The maximum atomic E-state index is 14.4. The molecule has 0 spiro atoms. The minimum Gasteiger partial charge on any atom is -0.361 e. The van der Waals surface area contributed by atoms with Gasteiger partial charge in [-0.25, -0.2) is 9.07 Å². The van der Waals surface area contributed by atoms with E-state index in [-0.39, 0.29) is 17.6 Å². The minimum atomic E-state index is -0.408. The van der Waals surface area contributed by atoms with Gasteiger partial charge in [0.05, 0.1) is 12.2 Å². The van der Waals surface area contributed by atoms with Gasteiger partial charge in [0, 0.05) is 12.3 Å². The van der Waals surface area contributed by atoms with E-state index in [1.165, 1.54) is 10.7 Å². The molecule has 0 bridgehead atoms. The Hall–Kier alpha value is -2.96. The van der Waals surface area contributed by atoms with Gasteiger partial charge in [0.2, 0.25) is 0 Å². The van der Waals surface area contributed by atoms with Gasteiger partial charge in [-0.15, -0.1) is 0 Å². The van der Waals surface area contributed by atoms with Crippen molar-refractivity contribution in [2.24, 2.45) is 0 Å². The van der Waals surface area contributed by atoms with Gasteiger partial charge in [-0.05, 0) is 44.0 Å². The van der Waals surface area contributed by atoms with E-state index in [9.17, 15) is 9.18 Å². The summed E-state index contributed by atoms with van der Waals surface area (Å²) in [5, 5.41) is 10.5. The zero-order valence-electron chi connectivity index (χ0n) is 13.6. The highest BCUT2D eigenvalue weighted by Crippen LogP contribution is 2.20. The van der Waals surface area contributed by atoms with Crippen LogP contribution in [0.3, 0.4) is 0 Å². The van der Waals surface area contributed by atoms with Crippen molar-refractivity contribution in [3.8, 4) is 5.69 Å². The lowest BCUT2D eigenvalue weighted by molar-refractivity contribution is 0.0930. The van der Waals surface area contributed by atoms with Gasteiger partial charge in [-0.1, -0.05) is 11.2 Å². The molecular weight excluding hydrogens is 311 g/mol. The zero-order valence-corrected chi connectivity index (χ0v) is 13.6. The molecule has 7 heteroatoms. The lowest BCUT2D eigenvalue weighted by Crippen LogP contribution is -2.27. The average Bonchev–Trinajstić information content (AvgIpc) is 3.15. The molecule has 0 aliphatic rings. The Bertz CT molecular complexity index is 884. The van der Waals surface area contributed by atoms with Gasteiger partial charge in [0.25, 0.3) is 5.91 Å². The van der Waals surface area contributed by atoms with Crippen LogP contribution in [0.1, 0.15) is 40.3 Å². The number of halogens is 1. The van der Waals surface area contributed by atoms with Gasteiger partial charge >= 0.3 is 0 Å². The van der Waals surface area contributed by atoms with Gasteiger partial charge in [0.15, 0.2) is 5.69 Å². The Morgan fingerprint density at radius 3 is 2.71 bits per heavy atom. The quantitative estimate of drug-likeness (QED) is 0.799. The van der Waals surface area contributed by atoms with Crippen LogP contribution in [-0.2, 0) is 0 Å². The van der Waals surface area contributed by atoms with Gasteiger partial charge < -0.3 is 9.84 Å². The molecule has 3 rings (SSSR count). The maximum Gasteiger partial charge on any atom is 0.273 e. The van der Waals surface area contributed by atoms with E-state index < -0.39 is 5.82 Å². The van der Waals surface area contributed by atoms with Crippen LogP contribution >= 0.6 is 0 Å². The monoisotopic (exact) mass is 328 g/mol. The van der Waals surface area contributed by atoms with Gasteiger partial charge in [-0.3, -0.25) is 4.79 Å². The normalized spacial score (nSPS) is 12.2. The van der Waals surface area contributed by atoms with Crippen molar-refractivity contribution >= 4 is 5.91 Å². The topological polar surface area (TPSA) is 73.0 Å². The largest absolute Gasteiger partial charge is 0.361 e. The summed E-state index contributed by atoms with van der Waals surface area (Å²) >= 11 is 0. The second-order valence-electron chi connectivity index (χ2n) is 5.69. The van der Waals surface area contributed by atoms with Crippen molar-refractivity contribution in [1.82, 2.24) is 20.3 Å². The third-order valence-electron chi connectivity index (χ3n) is 3.64. The molecule has 0 unspecified atom stereocenters. The maximum absolute atomic E-state index is 14.4. The number of rotatable bonds is 4. The summed E-state index contributed by atoms with van der Waals surface area (Å²) in [5.41, 5.74) is 2.15. The summed E-state index contributed by atoms with van der Waals surface area (Å²) < 4.78 is 20.7. The molecule has 6 nitrogen and oxygen atoms in total. The first-order valence-corrected chi connectivity index (χ1v) is 7.49. The van der Waals surface area contributed by atoms with Crippen molar-refractivity contribution < 1.29 is 13.7 Å². The molecule has 0 aliphatic heterocycles. The van der Waals surface area contributed by atoms with Crippen molar-refractivity contribution in [1.29, 1.82) is 0 Å². The minimum absolute atomic E-state index is 0.198. The summed E-state index contributed by atoms with van der Waals surface area (Å²) in [7, 11) is 0. The van der Waals surface area contributed by atoms with E-state index in [1.54, 1.807) is 44.4 Å². The molecule has 3 aromatic rings. The fraction of sp³-hybridized carbons (Fsp3) is 0.235. The van der Waals surface area contributed by atoms with Crippen molar-refractivity contribution in [2.75, 3.05) is 0 Å². The van der Waals surface area contributed by atoms with Crippen molar-refractivity contribution in [3.05, 3.63) is 65.1 Å². The number of carbonyl (C=O) groups is 1. The second-order valence-corrected chi connectivity index (χ2v) is 5.69. The molecule has 1 amide bonds. The summed E-state index contributed by atoms with van der Waals surface area (Å²) in [6, 6.07) is 5.96. The number of benzene rings is 1. The lowest BCUT2D eigenvalue weighted by atomic mass is 10.1. The number of nitrogens with one attached hydrogen (secondary N) is 1. The Morgan fingerprint density at radius 2 is 2.12 bits per heavy atom. The van der Waals surface area contributed by atoms with E-state index in [0.29, 0.717) is 17.0 Å². The number of aromatic nitrogens is 3. The fourth-order valence-electron chi connectivity index (χ4n) is 2.35. The first kappa shape index (κ1) is 15.9. The third kappa shape index (κ3) is 3.19. The van der Waals surface area contributed by atoms with Gasteiger partial charge in [-0.2, -0.15) is 5.10 Å². The van der Waals surface area contributed by atoms with Crippen molar-refractivity contribution in [2.45, 2.75) is 26.8 Å². The number of aryl methyl sites for hydroxylation is 2. The number of carbonyl (C=O) groups excluding carboxylic acids is 1. The van der Waals surface area contributed by atoms with Crippen LogP contribution in [-0.4, -0.2) is 20.8 Å². The Morgan fingerprint density at radius 1 is 1.33 bits per heavy atom. The average molecular weight is 328 g/mol. The Balaban J connectivity index is 1.77. The highest BCUT2D eigenvalue weighted by molar-refractivity contribution is 5.92. The molecule has 1 N–H and O–H groups in total. The van der Waals surface area contributed by atoms with Crippen LogP contribution in [0.4, 0.5) is 4.39 Å². The summed E-state index contributed by atoms with van der Waals surface area (Å²) in [4.78, 5) is 12.1. The van der Waals surface area contributed by atoms with E-state index in [1.807, 2.05) is 6.92 Å². The highest BCUT2D eigenvalue weighted by Gasteiger charge is 2.16. The molecule has 124 valence electrons. The number of nitrogens with zero attached hydrogens (tertiary/aromatic N) is 3. The van der Waals surface area contributed by atoms with E-state index in [2.05, 4.69) is 15.6 Å². The first-order chi connectivity index (χ1) is 11.4. The lowest BCUT2D eigenvalue weighted by Gasteiger charge is -2.14. The molecule has 0 aliphatic carbocycles. The second kappa shape index (κ2) is 6.27. The van der Waals surface area contributed by atoms with Crippen LogP contribution in [0.25, 0.3) is 5.69 Å². The number of hydrogen-bond donors (Lipinski definition) is 1. The predicted octanol–water partition coefficient (Wildman–Crippen LogP) is 3.11. The van der Waals surface area contributed by atoms with Crippen LogP contribution < -0.4 is 5.32 Å². The van der Waals surface area contributed by atoms with E-state index in [0.717, 1.165) is 5.56 Å².